The molecule has 1 aromatic heterocycles. The third-order valence-corrected chi connectivity index (χ3v) is 3.80. The van der Waals surface area contributed by atoms with Crippen molar-refractivity contribution in [2.45, 2.75) is 13.8 Å². The first kappa shape index (κ1) is 18.2. The molecule has 27 heavy (non-hydrogen) atoms. The Bertz CT molecular complexity index is 1010. The fourth-order valence-electron chi connectivity index (χ4n) is 2.42. The van der Waals surface area contributed by atoms with E-state index in [9.17, 15) is 14.0 Å². The summed E-state index contributed by atoms with van der Waals surface area (Å²) >= 11 is 0. The molecule has 1 heterocycles. The number of hydrogen-bond donors (Lipinski definition) is 0. The minimum absolute atomic E-state index is 0.137. The molecule has 0 N–H and O–H groups in total. The van der Waals surface area contributed by atoms with Crippen molar-refractivity contribution in [1.82, 2.24) is 14.8 Å². The van der Waals surface area contributed by atoms with Crippen LogP contribution in [-0.2, 0) is 0 Å². The van der Waals surface area contributed by atoms with Crippen molar-refractivity contribution in [3.8, 4) is 17.2 Å². The number of nitrogens with zero attached hydrogens (tertiary/aromatic N) is 3. The summed E-state index contributed by atoms with van der Waals surface area (Å²) in [6.45, 7) is 3.09. The third-order valence-electron chi connectivity index (χ3n) is 3.80. The van der Waals surface area contributed by atoms with Crippen LogP contribution < -0.4 is 9.47 Å². The van der Waals surface area contributed by atoms with Gasteiger partial charge in [0.1, 0.15) is 11.6 Å². The van der Waals surface area contributed by atoms with E-state index in [4.69, 9.17) is 9.47 Å². The van der Waals surface area contributed by atoms with Gasteiger partial charge in [-0.25, -0.2) is 18.9 Å². The number of halogens is 1. The van der Waals surface area contributed by atoms with E-state index < -0.39 is 5.97 Å². The van der Waals surface area contributed by atoms with Crippen LogP contribution in [-0.4, -0.2) is 33.6 Å². The predicted octanol–water partition coefficient (Wildman–Crippen LogP) is 3.15. The molecule has 0 fully saturated rings. The molecule has 0 saturated heterocycles. The zero-order valence-corrected chi connectivity index (χ0v) is 14.9. The molecular formula is C19H16FN3O4. The van der Waals surface area contributed by atoms with Gasteiger partial charge in [-0.05, 0) is 56.3 Å². The molecule has 0 radical (unpaired) electrons. The lowest BCUT2D eigenvalue weighted by Gasteiger charge is -2.09. The maximum atomic E-state index is 13.1. The molecule has 0 saturated carbocycles. The van der Waals surface area contributed by atoms with Gasteiger partial charge >= 0.3 is 5.97 Å². The highest BCUT2D eigenvalue weighted by molar-refractivity contribution is 5.95. The lowest BCUT2D eigenvalue weighted by atomic mass is 10.1. The van der Waals surface area contributed by atoms with Crippen LogP contribution in [0.15, 0.2) is 42.5 Å². The van der Waals surface area contributed by atoms with Crippen molar-refractivity contribution in [3.05, 3.63) is 65.5 Å². The summed E-state index contributed by atoms with van der Waals surface area (Å²) in [4.78, 5) is 28.0. The van der Waals surface area contributed by atoms with E-state index in [0.717, 1.165) is 0 Å². The topological polar surface area (TPSA) is 83.3 Å². The minimum Gasteiger partial charge on any atom is -0.493 e. The van der Waals surface area contributed by atoms with E-state index in [1.165, 1.54) is 61.2 Å². The molecule has 0 spiro atoms. The number of hydrogen-bond acceptors (Lipinski definition) is 6. The molecule has 0 amide bonds. The van der Waals surface area contributed by atoms with Crippen LogP contribution in [0.25, 0.3) is 5.69 Å². The number of methoxy groups -OCH3 is 1. The Balaban J connectivity index is 1.86. The van der Waals surface area contributed by atoms with Crippen molar-refractivity contribution >= 4 is 11.8 Å². The van der Waals surface area contributed by atoms with Crippen molar-refractivity contribution in [2.24, 2.45) is 0 Å². The van der Waals surface area contributed by atoms with Crippen LogP contribution in [0, 0.1) is 12.7 Å². The van der Waals surface area contributed by atoms with Crippen molar-refractivity contribution in [3.63, 3.8) is 0 Å². The molecule has 7 nitrogen and oxygen atoms in total. The standard InChI is InChI=1S/C19H16FN3O4/c1-11(24)13-4-9-16(17(10-13)26-3)27-19(25)18-21-12(2)23(22-18)15-7-5-14(20)6-8-15/h4-10H,1-3H3. The van der Waals surface area contributed by atoms with Gasteiger partial charge in [-0.1, -0.05) is 0 Å². The van der Waals surface area contributed by atoms with Crippen LogP contribution in [0.2, 0.25) is 0 Å². The molecule has 0 aliphatic heterocycles. The van der Waals surface area contributed by atoms with Gasteiger partial charge in [0.25, 0.3) is 5.82 Å². The van der Waals surface area contributed by atoms with E-state index in [0.29, 0.717) is 17.1 Å². The lowest BCUT2D eigenvalue weighted by molar-refractivity contribution is 0.0717. The van der Waals surface area contributed by atoms with Gasteiger partial charge < -0.3 is 9.47 Å². The predicted molar refractivity (Wildman–Crippen MR) is 94.0 cm³/mol. The summed E-state index contributed by atoms with van der Waals surface area (Å²) in [6, 6.07) is 10.1. The Morgan fingerprint density at radius 2 is 1.78 bits per heavy atom. The van der Waals surface area contributed by atoms with Crippen LogP contribution in [0.4, 0.5) is 4.39 Å². The number of ketones is 1. The van der Waals surface area contributed by atoms with E-state index >= 15 is 0 Å². The Hall–Kier alpha value is -3.55. The second-order valence-corrected chi connectivity index (χ2v) is 5.68. The lowest BCUT2D eigenvalue weighted by Crippen LogP contribution is -2.12. The molecule has 2 aromatic carbocycles. The number of rotatable bonds is 5. The fraction of sp³-hybridized carbons (Fsp3) is 0.158. The van der Waals surface area contributed by atoms with Gasteiger partial charge in [0.2, 0.25) is 0 Å². The Morgan fingerprint density at radius 3 is 2.41 bits per heavy atom. The molecule has 0 aliphatic rings. The van der Waals surface area contributed by atoms with Gasteiger partial charge in [-0.3, -0.25) is 4.79 Å². The first-order valence-corrected chi connectivity index (χ1v) is 8.00. The van der Waals surface area contributed by atoms with Gasteiger partial charge in [0.05, 0.1) is 12.8 Å². The smallest absolute Gasteiger partial charge is 0.383 e. The second kappa shape index (κ2) is 7.36. The normalized spacial score (nSPS) is 10.5. The van der Waals surface area contributed by atoms with E-state index in [1.54, 1.807) is 6.92 Å². The Kier molecular flexibility index (Phi) is 4.98. The molecule has 3 aromatic rings. The van der Waals surface area contributed by atoms with Crippen molar-refractivity contribution in [1.29, 1.82) is 0 Å². The van der Waals surface area contributed by atoms with Gasteiger partial charge in [-0.2, -0.15) is 0 Å². The highest BCUT2D eigenvalue weighted by Crippen LogP contribution is 2.29. The summed E-state index contributed by atoms with van der Waals surface area (Å²) in [7, 11) is 1.41. The van der Waals surface area contributed by atoms with Crippen LogP contribution in [0.3, 0.4) is 0 Å². The number of aryl methyl sites for hydroxylation is 1. The molecule has 0 unspecified atom stereocenters. The maximum absolute atomic E-state index is 13.1. The maximum Gasteiger partial charge on any atom is 0.383 e. The largest absolute Gasteiger partial charge is 0.493 e. The molecule has 8 heteroatoms. The first-order valence-electron chi connectivity index (χ1n) is 8.00. The Labute approximate surface area is 154 Å². The number of benzene rings is 2. The fourth-order valence-corrected chi connectivity index (χ4v) is 2.42. The summed E-state index contributed by atoms with van der Waals surface area (Å²) in [5.74, 6) is -0.636. The average molecular weight is 369 g/mol. The number of carbonyl (C=O) groups is 2. The number of Topliss-reactive ketones (excluding diaryl/α,β-unsaturated/α-hetero) is 1. The van der Waals surface area contributed by atoms with Crippen molar-refractivity contribution < 1.29 is 23.5 Å². The summed E-state index contributed by atoms with van der Waals surface area (Å²) in [5.41, 5.74) is 0.991. The highest BCUT2D eigenvalue weighted by atomic mass is 19.1. The quantitative estimate of drug-likeness (QED) is 0.390. The SMILES string of the molecule is COc1cc(C(C)=O)ccc1OC(=O)c1nc(C)n(-c2ccc(F)cc2)n1. The van der Waals surface area contributed by atoms with Gasteiger partial charge in [0, 0.05) is 5.56 Å². The zero-order valence-electron chi connectivity index (χ0n) is 14.9. The average Bonchev–Trinajstić information content (AvgIpc) is 3.04. The Morgan fingerprint density at radius 1 is 1.07 bits per heavy atom. The molecular weight excluding hydrogens is 353 g/mol. The van der Waals surface area contributed by atoms with Crippen LogP contribution in [0.5, 0.6) is 11.5 Å². The van der Waals surface area contributed by atoms with Gasteiger partial charge in [-0.15, -0.1) is 5.10 Å². The summed E-state index contributed by atoms with van der Waals surface area (Å²) < 4.78 is 25.0. The summed E-state index contributed by atoms with van der Waals surface area (Å²) in [6.07, 6.45) is 0. The molecule has 138 valence electrons. The number of esters is 1. The first-order chi connectivity index (χ1) is 12.9. The third kappa shape index (κ3) is 3.84. The second-order valence-electron chi connectivity index (χ2n) is 5.68. The number of ether oxygens (including phenoxy) is 2. The number of carbonyl (C=O) groups excluding carboxylic acids is 2. The zero-order chi connectivity index (χ0) is 19.6. The van der Waals surface area contributed by atoms with Gasteiger partial charge in [0.15, 0.2) is 17.3 Å². The van der Waals surface area contributed by atoms with E-state index in [2.05, 4.69) is 10.1 Å². The molecule has 0 atom stereocenters. The van der Waals surface area contributed by atoms with Crippen molar-refractivity contribution in [2.75, 3.05) is 7.11 Å². The monoisotopic (exact) mass is 369 g/mol. The van der Waals surface area contributed by atoms with E-state index in [1.807, 2.05) is 0 Å². The molecule has 3 rings (SSSR count). The summed E-state index contributed by atoms with van der Waals surface area (Å²) in [5, 5.41) is 4.12. The molecule has 0 aliphatic carbocycles. The molecule has 0 bridgehead atoms. The number of aromatic nitrogens is 3. The van der Waals surface area contributed by atoms with Crippen LogP contribution >= 0.6 is 0 Å². The highest BCUT2D eigenvalue weighted by Gasteiger charge is 2.20. The van der Waals surface area contributed by atoms with E-state index in [-0.39, 0.29) is 28.9 Å². The van der Waals surface area contributed by atoms with Crippen LogP contribution in [0.1, 0.15) is 33.7 Å². The minimum atomic E-state index is -0.784.